The van der Waals surface area contributed by atoms with Gasteiger partial charge in [0.2, 0.25) is 11.8 Å². The van der Waals surface area contributed by atoms with Crippen molar-refractivity contribution in [1.82, 2.24) is 5.32 Å². The van der Waals surface area contributed by atoms with Gasteiger partial charge in [-0.3, -0.25) is 14.4 Å². The molecule has 1 atom stereocenters. The second-order valence-corrected chi connectivity index (χ2v) is 7.11. The number of hydrogen-bond donors (Lipinski definition) is 3. The molecule has 0 aliphatic rings. The Bertz CT molecular complexity index is 1030. The summed E-state index contributed by atoms with van der Waals surface area (Å²) in [5.74, 6) is -1.61. The molecule has 0 fully saturated rings. The van der Waals surface area contributed by atoms with E-state index in [1.54, 1.807) is 0 Å². The predicted octanol–water partition coefficient (Wildman–Crippen LogP) is 3.76. The summed E-state index contributed by atoms with van der Waals surface area (Å²) in [4.78, 5) is 35.9. The highest BCUT2D eigenvalue weighted by Crippen LogP contribution is 2.19. The topological polar surface area (TPSA) is 95.5 Å². The van der Waals surface area contributed by atoms with Gasteiger partial charge in [0.15, 0.2) is 0 Å². The second kappa shape index (κ2) is 10.2. The fourth-order valence-electron chi connectivity index (χ4n) is 3.22. The first-order valence-electron chi connectivity index (χ1n) is 9.86. The van der Waals surface area contributed by atoms with Crippen molar-refractivity contribution < 1.29 is 19.5 Å². The van der Waals surface area contributed by atoms with Crippen LogP contribution in [0.4, 0.5) is 5.69 Å². The van der Waals surface area contributed by atoms with Gasteiger partial charge in [0, 0.05) is 24.9 Å². The Morgan fingerprint density at radius 3 is 2.27 bits per heavy atom. The molecule has 0 spiro atoms. The summed E-state index contributed by atoms with van der Waals surface area (Å²) in [6.07, 6.45) is 0.539. The Balaban J connectivity index is 1.71. The monoisotopic (exact) mass is 404 g/mol. The van der Waals surface area contributed by atoms with E-state index in [1.165, 1.54) is 0 Å². The molecule has 3 N–H and O–H groups in total. The lowest BCUT2D eigenvalue weighted by Crippen LogP contribution is -2.45. The van der Waals surface area contributed by atoms with Crippen LogP contribution in [0.3, 0.4) is 0 Å². The molecule has 3 aromatic rings. The molecular formula is C24H24N2O4. The van der Waals surface area contributed by atoms with Gasteiger partial charge in [0.1, 0.15) is 6.04 Å². The van der Waals surface area contributed by atoms with Crippen molar-refractivity contribution in [2.75, 3.05) is 5.32 Å². The SMILES string of the molecule is O=C(O)CCCC(=O)N[C@H](Cc1ccccc1)C(=O)Nc1ccc2ccccc2c1. The van der Waals surface area contributed by atoms with E-state index in [0.29, 0.717) is 12.1 Å². The zero-order valence-corrected chi connectivity index (χ0v) is 16.5. The number of benzene rings is 3. The van der Waals surface area contributed by atoms with E-state index >= 15 is 0 Å². The number of carbonyl (C=O) groups is 3. The van der Waals surface area contributed by atoms with Crippen LogP contribution in [0.15, 0.2) is 72.8 Å². The van der Waals surface area contributed by atoms with Crippen molar-refractivity contribution in [3.63, 3.8) is 0 Å². The minimum Gasteiger partial charge on any atom is -0.481 e. The minimum atomic E-state index is -0.947. The predicted molar refractivity (Wildman–Crippen MR) is 116 cm³/mol. The molecule has 0 aliphatic heterocycles. The standard InChI is InChI=1S/C24H24N2O4/c27-22(11-6-12-23(28)29)26-21(15-17-7-2-1-3-8-17)24(30)25-20-14-13-18-9-4-5-10-19(18)16-20/h1-5,7-10,13-14,16,21H,6,11-12,15H2,(H,25,30)(H,26,27)(H,28,29)/t21-/m1/s1. The lowest BCUT2D eigenvalue weighted by molar-refractivity contribution is -0.137. The molecule has 0 aromatic heterocycles. The summed E-state index contributed by atoms with van der Waals surface area (Å²) in [6, 6.07) is 22.2. The van der Waals surface area contributed by atoms with E-state index in [1.807, 2.05) is 72.8 Å². The van der Waals surface area contributed by atoms with Gasteiger partial charge < -0.3 is 15.7 Å². The van der Waals surface area contributed by atoms with E-state index < -0.39 is 12.0 Å². The largest absolute Gasteiger partial charge is 0.481 e. The average molecular weight is 404 g/mol. The molecule has 154 valence electrons. The van der Waals surface area contributed by atoms with Gasteiger partial charge in [-0.25, -0.2) is 0 Å². The van der Waals surface area contributed by atoms with Crippen molar-refractivity contribution in [3.05, 3.63) is 78.4 Å². The smallest absolute Gasteiger partial charge is 0.303 e. The molecule has 0 heterocycles. The molecular weight excluding hydrogens is 380 g/mol. The number of aliphatic carboxylic acids is 1. The molecule has 0 saturated carbocycles. The van der Waals surface area contributed by atoms with Crippen LogP contribution in [0.5, 0.6) is 0 Å². The summed E-state index contributed by atoms with van der Waals surface area (Å²) < 4.78 is 0. The normalized spacial score (nSPS) is 11.6. The van der Waals surface area contributed by atoms with E-state index in [0.717, 1.165) is 16.3 Å². The number of carboxylic acids is 1. The fraction of sp³-hybridized carbons (Fsp3) is 0.208. The number of hydrogen-bond acceptors (Lipinski definition) is 3. The third-order valence-corrected chi connectivity index (χ3v) is 4.75. The van der Waals surface area contributed by atoms with Gasteiger partial charge in [-0.05, 0) is 34.9 Å². The number of rotatable bonds is 9. The lowest BCUT2D eigenvalue weighted by atomic mass is 10.0. The number of carbonyl (C=O) groups excluding carboxylic acids is 2. The Hall–Kier alpha value is -3.67. The van der Waals surface area contributed by atoms with Gasteiger partial charge in [0.25, 0.3) is 0 Å². The summed E-state index contributed by atoms with van der Waals surface area (Å²) >= 11 is 0. The lowest BCUT2D eigenvalue weighted by Gasteiger charge is -2.19. The van der Waals surface area contributed by atoms with Crippen LogP contribution in [0, 0.1) is 0 Å². The average Bonchev–Trinajstić information content (AvgIpc) is 2.73. The first-order valence-corrected chi connectivity index (χ1v) is 9.86. The number of nitrogens with one attached hydrogen (secondary N) is 2. The van der Waals surface area contributed by atoms with Crippen LogP contribution in [-0.2, 0) is 20.8 Å². The van der Waals surface area contributed by atoms with Gasteiger partial charge in [-0.2, -0.15) is 0 Å². The van der Waals surface area contributed by atoms with E-state index in [2.05, 4.69) is 10.6 Å². The maximum absolute atomic E-state index is 13.0. The van der Waals surface area contributed by atoms with Crippen molar-refractivity contribution >= 4 is 34.2 Å². The van der Waals surface area contributed by atoms with Gasteiger partial charge in [0.05, 0.1) is 0 Å². The molecule has 0 aliphatic carbocycles. The summed E-state index contributed by atoms with van der Waals surface area (Å²) in [5, 5.41) is 16.5. The molecule has 3 rings (SSSR count). The summed E-state index contributed by atoms with van der Waals surface area (Å²) in [7, 11) is 0. The third kappa shape index (κ3) is 6.17. The highest BCUT2D eigenvalue weighted by Gasteiger charge is 2.21. The Morgan fingerprint density at radius 1 is 0.833 bits per heavy atom. The van der Waals surface area contributed by atoms with Gasteiger partial charge in [-0.1, -0.05) is 60.7 Å². The molecule has 0 bridgehead atoms. The fourth-order valence-corrected chi connectivity index (χ4v) is 3.22. The molecule has 2 amide bonds. The van der Waals surface area contributed by atoms with Crippen LogP contribution < -0.4 is 10.6 Å². The van der Waals surface area contributed by atoms with Crippen LogP contribution in [0.1, 0.15) is 24.8 Å². The molecule has 6 heteroatoms. The quantitative estimate of drug-likeness (QED) is 0.506. The van der Waals surface area contributed by atoms with Crippen LogP contribution in [-0.4, -0.2) is 28.9 Å². The molecule has 0 saturated heterocycles. The number of fused-ring (bicyclic) bond motifs is 1. The van der Waals surface area contributed by atoms with Gasteiger partial charge >= 0.3 is 5.97 Å². The minimum absolute atomic E-state index is 0.0564. The highest BCUT2D eigenvalue weighted by molar-refractivity contribution is 5.99. The third-order valence-electron chi connectivity index (χ3n) is 4.75. The van der Waals surface area contributed by atoms with Crippen molar-refractivity contribution in [2.24, 2.45) is 0 Å². The zero-order chi connectivity index (χ0) is 21.3. The number of anilines is 1. The van der Waals surface area contributed by atoms with Crippen LogP contribution in [0.25, 0.3) is 10.8 Å². The maximum Gasteiger partial charge on any atom is 0.303 e. The first kappa shape index (κ1) is 21.0. The van der Waals surface area contributed by atoms with Crippen LogP contribution >= 0.6 is 0 Å². The maximum atomic E-state index is 13.0. The van der Waals surface area contributed by atoms with E-state index in [-0.39, 0.29) is 31.1 Å². The van der Waals surface area contributed by atoms with E-state index in [9.17, 15) is 14.4 Å². The molecule has 30 heavy (non-hydrogen) atoms. The van der Waals surface area contributed by atoms with E-state index in [4.69, 9.17) is 5.11 Å². The zero-order valence-electron chi connectivity index (χ0n) is 16.5. The summed E-state index contributed by atoms with van der Waals surface area (Å²) in [6.45, 7) is 0. The van der Waals surface area contributed by atoms with Gasteiger partial charge in [-0.15, -0.1) is 0 Å². The van der Waals surface area contributed by atoms with Crippen LogP contribution in [0.2, 0.25) is 0 Å². The number of amides is 2. The molecule has 3 aromatic carbocycles. The first-order chi connectivity index (χ1) is 14.5. The second-order valence-electron chi connectivity index (χ2n) is 7.11. The number of carboxylic acid groups (broad SMARTS) is 1. The summed E-state index contributed by atoms with van der Waals surface area (Å²) in [5.41, 5.74) is 1.57. The molecule has 6 nitrogen and oxygen atoms in total. The highest BCUT2D eigenvalue weighted by atomic mass is 16.4. The Labute approximate surface area is 174 Å². The Kier molecular flexibility index (Phi) is 7.16. The molecule has 0 radical (unpaired) electrons. The molecule has 0 unspecified atom stereocenters. The van der Waals surface area contributed by atoms with Crippen molar-refractivity contribution in [3.8, 4) is 0 Å². The Morgan fingerprint density at radius 2 is 1.53 bits per heavy atom. The van der Waals surface area contributed by atoms with Crippen molar-refractivity contribution in [2.45, 2.75) is 31.7 Å². The van der Waals surface area contributed by atoms with Crippen molar-refractivity contribution in [1.29, 1.82) is 0 Å².